The quantitative estimate of drug-likeness (QED) is 0.722. The van der Waals surface area contributed by atoms with Gasteiger partial charge in [0.15, 0.2) is 6.61 Å². The number of hydrogen-bond acceptors (Lipinski definition) is 3. The maximum absolute atomic E-state index is 11.5. The van der Waals surface area contributed by atoms with Crippen molar-refractivity contribution in [3.8, 4) is 5.75 Å². The van der Waals surface area contributed by atoms with Crippen LogP contribution < -0.4 is 10.1 Å². The Balaban J connectivity index is 2.21. The van der Waals surface area contributed by atoms with Gasteiger partial charge in [0.25, 0.3) is 5.91 Å². The highest BCUT2D eigenvalue weighted by Crippen LogP contribution is 2.27. The molecule has 0 fully saturated rings. The molecule has 1 rings (SSSR count). The summed E-state index contributed by atoms with van der Waals surface area (Å²) in [6.45, 7) is 0.268. The Labute approximate surface area is 126 Å². The predicted molar refractivity (Wildman–Crippen MR) is 76.5 cm³/mol. The molecule has 0 saturated heterocycles. The summed E-state index contributed by atoms with van der Waals surface area (Å²) in [5.41, 5.74) is 0. The molecule has 0 aliphatic heterocycles. The summed E-state index contributed by atoms with van der Waals surface area (Å²) in [6, 6.07) is 4.74. The normalized spacial score (nSPS) is 10.1. The molecule has 1 aromatic rings. The number of nitrogens with one attached hydrogen (secondary N) is 1. The molecule has 0 spiro atoms. The number of hydrogen-bond donors (Lipinski definition) is 2. The number of unbranched alkanes of at least 4 members (excludes halogenated alkanes) is 1. The molecule has 5 nitrogen and oxygen atoms in total. The van der Waals surface area contributed by atoms with Crippen LogP contribution in [-0.2, 0) is 9.59 Å². The van der Waals surface area contributed by atoms with Crippen molar-refractivity contribution in [2.24, 2.45) is 0 Å². The van der Waals surface area contributed by atoms with E-state index in [0.29, 0.717) is 35.2 Å². The predicted octanol–water partition coefficient (Wildman–Crippen LogP) is 2.74. The van der Waals surface area contributed by atoms with Crippen molar-refractivity contribution in [3.63, 3.8) is 0 Å². The van der Waals surface area contributed by atoms with E-state index >= 15 is 0 Å². The standard InChI is InChI=1S/C13H15Cl2NO4/c14-9-4-5-11(10(15)7-9)20-8-12(17)16-6-2-1-3-13(18)19/h4-5,7H,1-3,6,8H2,(H,16,17)(H,18,19). The van der Waals surface area contributed by atoms with Gasteiger partial charge in [-0.05, 0) is 31.0 Å². The summed E-state index contributed by atoms with van der Waals surface area (Å²) >= 11 is 11.6. The van der Waals surface area contributed by atoms with E-state index in [0.717, 1.165) is 0 Å². The first-order valence-electron chi connectivity index (χ1n) is 6.05. The van der Waals surface area contributed by atoms with Crippen molar-refractivity contribution >= 4 is 35.1 Å². The average molecular weight is 320 g/mol. The lowest BCUT2D eigenvalue weighted by Gasteiger charge is -2.08. The second-order valence-corrected chi connectivity index (χ2v) is 4.91. The van der Waals surface area contributed by atoms with Gasteiger partial charge in [0.05, 0.1) is 5.02 Å². The van der Waals surface area contributed by atoms with Gasteiger partial charge in [-0.3, -0.25) is 9.59 Å². The Bertz CT molecular complexity index is 479. The number of aliphatic carboxylic acids is 1. The van der Waals surface area contributed by atoms with E-state index in [2.05, 4.69) is 5.32 Å². The minimum Gasteiger partial charge on any atom is -0.482 e. The molecule has 0 aromatic heterocycles. The molecular formula is C13H15Cl2NO4. The molecule has 2 N–H and O–H groups in total. The van der Waals surface area contributed by atoms with Crippen molar-refractivity contribution in [1.82, 2.24) is 5.32 Å². The lowest BCUT2D eigenvalue weighted by Crippen LogP contribution is -2.29. The third-order valence-electron chi connectivity index (χ3n) is 2.39. The van der Waals surface area contributed by atoms with Gasteiger partial charge in [-0.2, -0.15) is 0 Å². The second-order valence-electron chi connectivity index (χ2n) is 4.06. The van der Waals surface area contributed by atoms with Crippen molar-refractivity contribution in [1.29, 1.82) is 0 Å². The van der Waals surface area contributed by atoms with Crippen molar-refractivity contribution < 1.29 is 19.4 Å². The van der Waals surface area contributed by atoms with Gasteiger partial charge in [-0.15, -0.1) is 0 Å². The Morgan fingerprint density at radius 3 is 2.65 bits per heavy atom. The van der Waals surface area contributed by atoms with Crippen LogP contribution in [0.2, 0.25) is 10.0 Å². The first kappa shape index (κ1) is 16.6. The van der Waals surface area contributed by atoms with E-state index in [9.17, 15) is 9.59 Å². The summed E-state index contributed by atoms with van der Waals surface area (Å²) in [5, 5.41) is 11.9. The molecule has 7 heteroatoms. The van der Waals surface area contributed by atoms with Crippen LogP contribution in [0.25, 0.3) is 0 Å². The second kappa shape index (κ2) is 8.66. The van der Waals surface area contributed by atoms with E-state index in [1.165, 1.54) is 6.07 Å². The molecule has 0 atom stereocenters. The van der Waals surface area contributed by atoms with Crippen LogP contribution in [0.4, 0.5) is 0 Å². The van der Waals surface area contributed by atoms with Crippen LogP contribution in [0.3, 0.4) is 0 Å². The van der Waals surface area contributed by atoms with Crippen LogP contribution in [0, 0.1) is 0 Å². The highest BCUT2D eigenvalue weighted by molar-refractivity contribution is 6.35. The Kier molecular flexibility index (Phi) is 7.18. The van der Waals surface area contributed by atoms with E-state index < -0.39 is 5.97 Å². The highest BCUT2D eigenvalue weighted by atomic mass is 35.5. The first-order chi connectivity index (χ1) is 9.49. The fraction of sp³-hybridized carbons (Fsp3) is 0.385. The number of carboxylic acids is 1. The van der Waals surface area contributed by atoms with Gasteiger partial charge in [-0.25, -0.2) is 0 Å². The third-order valence-corrected chi connectivity index (χ3v) is 2.92. The van der Waals surface area contributed by atoms with E-state index in [-0.39, 0.29) is 18.9 Å². The molecule has 110 valence electrons. The van der Waals surface area contributed by atoms with E-state index in [4.69, 9.17) is 33.0 Å². The van der Waals surface area contributed by atoms with Crippen molar-refractivity contribution in [2.75, 3.05) is 13.2 Å². The van der Waals surface area contributed by atoms with Crippen LogP contribution >= 0.6 is 23.2 Å². The monoisotopic (exact) mass is 319 g/mol. The van der Waals surface area contributed by atoms with Gasteiger partial charge >= 0.3 is 5.97 Å². The van der Waals surface area contributed by atoms with Gasteiger partial charge in [-0.1, -0.05) is 23.2 Å². The molecule has 0 saturated carbocycles. The summed E-state index contributed by atoms with van der Waals surface area (Å²) in [5.74, 6) is -0.736. The lowest BCUT2D eigenvalue weighted by molar-refractivity contribution is -0.137. The van der Waals surface area contributed by atoms with E-state index in [1.807, 2.05) is 0 Å². The van der Waals surface area contributed by atoms with Gasteiger partial charge in [0, 0.05) is 18.0 Å². The number of halogens is 2. The topological polar surface area (TPSA) is 75.6 Å². The fourth-order valence-corrected chi connectivity index (χ4v) is 1.88. The smallest absolute Gasteiger partial charge is 0.303 e. The highest BCUT2D eigenvalue weighted by Gasteiger charge is 2.06. The Morgan fingerprint density at radius 2 is 2.00 bits per heavy atom. The largest absolute Gasteiger partial charge is 0.482 e. The summed E-state index contributed by atoms with van der Waals surface area (Å²) in [4.78, 5) is 21.8. The SMILES string of the molecule is O=C(O)CCCCNC(=O)COc1ccc(Cl)cc1Cl. The molecule has 0 unspecified atom stereocenters. The zero-order valence-electron chi connectivity index (χ0n) is 10.7. The third kappa shape index (κ3) is 6.63. The molecule has 20 heavy (non-hydrogen) atoms. The average Bonchev–Trinajstić information content (AvgIpc) is 2.37. The number of carbonyl (C=O) groups is 2. The zero-order valence-corrected chi connectivity index (χ0v) is 12.2. The number of rotatable bonds is 8. The number of ether oxygens (including phenoxy) is 1. The first-order valence-corrected chi connectivity index (χ1v) is 6.81. The summed E-state index contributed by atoms with van der Waals surface area (Å²) < 4.78 is 5.25. The number of carboxylic acid groups (broad SMARTS) is 1. The maximum Gasteiger partial charge on any atom is 0.303 e. The minimum atomic E-state index is -0.836. The van der Waals surface area contributed by atoms with Crippen molar-refractivity contribution in [3.05, 3.63) is 28.2 Å². The fourth-order valence-electron chi connectivity index (χ4n) is 1.42. The van der Waals surface area contributed by atoms with Gasteiger partial charge in [0.2, 0.25) is 0 Å². The van der Waals surface area contributed by atoms with Gasteiger partial charge in [0.1, 0.15) is 5.75 Å². The summed E-state index contributed by atoms with van der Waals surface area (Å²) in [6.07, 6.45) is 1.24. The molecular weight excluding hydrogens is 305 g/mol. The van der Waals surface area contributed by atoms with Gasteiger partial charge < -0.3 is 15.2 Å². The Morgan fingerprint density at radius 1 is 1.25 bits per heavy atom. The molecule has 0 radical (unpaired) electrons. The summed E-state index contributed by atoms with van der Waals surface area (Å²) in [7, 11) is 0. The zero-order chi connectivity index (χ0) is 15.0. The van der Waals surface area contributed by atoms with E-state index in [1.54, 1.807) is 12.1 Å². The molecule has 0 aliphatic rings. The molecule has 0 heterocycles. The number of benzene rings is 1. The molecule has 0 aliphatic carbocycles. The van der Waals surface area contributed by atoms with Crippen molar-refractivity contribution in [2.45, 2.75) is 19.3 Å². The molecule has 0 bridgehead atoms. The minimum absolute atomic E-state index is 0.104. The van der Waals surface area contributed by atoms with Crippen LogP contribution in [0.1, 0.15) is 19.3 Å². The Hall–Kier alpha value is -1.46. The maximum atomic E-state index is 11.5. The van der Waals surface area contributed by atoms with Crippen LogP contribution in [0.15, 0.2) is 18.2 Å². The van der Waals surface area contributed by atoms with Crippen LogP contribution in [0.5, 0.6) is 5.75 Å². The lowest BCUT2D eigenvalue weighted by atomic mass is 10.2. The van der Waals surface area contributed by atoms with Crippen LogP contribution in [-0.4, -0.2) is 30.1 Å². The molecule has 1 aromatic carbocycles. The molecule has 1 amide bonds. The number of amides is 1. The number of carbonyl (C=O) groups excluding carboxylic acids is 1.